The lowest BCUT2D eigenvalue weighted by Crippen LogP contribution is -2.36. The minimum Gasteiger partial charge on any atom is -0.351 e. The topological polar surface area (TPSA) is 86.1 Å². The number of halogens is 2. The van der Waals surface area contributed by atoms with Gasteiger partial charge in [0.2, 0.25) is 11.8 Å². The summed E-state index contributed by atoms with van der Waals surface area (Å²) in [5.74, 6) is -2.04. The van der Waals surface area contributed by atoms with Crippen LogP contribution >= 0.6 is 11.6 Å². The van der Waals surface area contributed by atoms with Crippen LogP contribution < -0.4 is 10.2 Å². The Morgan fingerprint density at radius 2 is 2.23 bits per heavy atom. The minimum absolute atomic E-state index is 0.0819. The molecule has 1 atom stereocenters. The maximum atomic E-state index is 13.3. The van der Waals surface area contributed by atoms with Crippen molar-refractivity contribution < 1.29 is 14.0 Å². The molecule has 0 aliphatic carbocycles. The zero-order valence-electron chi connectivity index (χ0n) is 13.6. The highest BCUT2D eigenvalue weighted by Gasteiger charge is 2.37. The molecule has 2 aromatic rings. The van der Waals surface area contributed by atoms with Crippen molar-refractivity contribution in [2.45, 2.75) is 13.0 Å². The molecule has 1 N–H and O–H groups in total. The van der Waals surface area contributed by atoms with Crippen molar-refractivity contribution in [3.63, 3.8) is 0 Å². The van der Waals surface area contributed by atoms with E-state index in [1.807, 2.05) is 6.07 Å². The second kappa shape index (κ2) is 7.50. The van der Waals surface area contributed by atoms with Gasteiger partial charge in [0, 0.05) is 18.1 Å². The number of amides is 2. The molecule has 1 aromatic heterocycles. The number of pyridine rings is 1. The molecule has 0 spiro atoms. The predicted octanol–water partition coefficient (Wildman–Crippen LogP) is 2.42. The molecule has 0 saturated carbocycles. The monoisotopic (exact) mass is 372 g/mol. The summed E-state index contributed by atoms with van der Waals surface area (Å²) < 4.78 is 13.3. The molecule has 1 unspecified atom stereocenters. The SMILES string of the molecule is N#Cc1ccc(N2CCC(C(=O)NCc3cc(F)cc(Cl)c3)C2=O)cn1. The molecule has 2 amide bonds. The van der Waals surface area contributed by atoms with Crippen LogP contribution in [0.4, 0.5) is 10.1 Å². The fraction of sp³-hybridized carbons (Fsp3) is 0.222. The van der Waals surface area contributed by atoms with Crippen LogP contribution in [0.5, 0.6) is 0 Å². The molecule has 2 heterocycles. The summed E-state index contributed by atoms with van der Waals surface area (Å²) in [6.07, 6.45) is 1.81. The molecule has 8 heteroatoms. The van der Waals surface area contributed by atoms with E-state index in [0.717, 1.165) is 0 Å². The minimum atomic E-state index is -0.810. The first-order valence-corrected chi connectivity index (χ1v) is 8.26. The standard InChI is InChI=1S/C18H14ClFN4O2/c19-12-5-11(6-13(20)7-12)9-23-17(25)16-3-4-24(18(16)26)15-2-1-14(8-21)22-10-15/h1-2,5-7,10,16H,3-4,9H2,(H,23,25). The third-order valence-electron chi connectivity index (χ3n) is 4.09. The van der Waals surface area contributed by atoms with Crippen LogP contribution in [0, 0.1) is 23.1 Å². The second-order valence-electron chi connectivity index (χ2n) is 5.84. The quantitative estimate of drug-likeness (QED) is 0.835. The van der Waals surface area contributed by atoms with Crippen LogP contribution in [-0.4, -0.2) is 23.3 Å². The van der Waals surface area contributed by atoms with Crippen molar-refractivity contribution in [1.29, 1.82) is 5.26 Å². The summed E-state index contributed by atoms with van der Waals surface area (Å²) in [4.78, 5) is 30.2. The number of benzene rings is 1. The molecule has 0 radical (unpaired) electrons. The number of nitrogens with one attached hydrogen (secondary N) is 1. The largest absolute Gasteiger partial charge is 0.351 e. The molecule has 26 heavy (non-hydrogen) atoms. The van der Waals surface area contributed by atoms with Crippen LogP contribution in [0.3, 0.4) is 0 Å². The van der Waals surface area contributed by atoms with E-state index in [9.17, 15) is 14.0 Å². The highest BCUT2D eigenvalue weighted by molar-refractivity contribution is 6.30. The van der Waals surface area contributed by atoms with E-state index in [1.54, 1.807) is 12.1 Å². The van der Waals surface area contributed by atoms with E-state index >= 15 is 0 Å². The van der Waals surface area contributed by atoms with Crippen molar-refractivity contribution in [3.8, 4) is 6.07 Å². The smallest absolute Gasteiger partial charge is 0.239 e. The van der Waals surface area contributed by atoms with Crippen molar-refractivity contribution >= 4 is 29.1 Å². The number of anilines is 1. The molecule has 0 bridgehead atoms. The van der Waals surface area contributed by atoms with Gasteiger partial charge in [-0.1, -0.05) is 11.6 Å². The maximum absolute atomic E-state index is 13.3. The molecular formula is C18H14ClFN4O2. The normalized spacial score (nSPS) is 16.4. The number of carbonyl (C=O) groups excluding carboxylic acids is 2. The molecule has 3 rings (SSSR count). The zero-order valence-corrected chi connectivity index (χ0v) is 14.3. The maximum Gasteiger partial charge on any atom is 0.239 e. The van der Waals surface area contributed by atoms with Gasteiger partial charge in [-0.25, -0.2) is 9.37 Å². The third kappa shape index (κ3) is 3.81. The molecule has 1 aliphatic rings. The molecule has 132 valence electrons. The second-order valence-corrected chi connectivity index (χ2v) is 6.28. The van der Waals surface area contributed by atoms with Gasteiger partial charge in [-0.15, -0.1) is 0 Å². The van der Waals surface area contributed by atoms with Crippen molar-refractivity contribution in [2.24, 2.45) is 5.92 Å². The molecule has 1 fully saturated rings. The number of aromatic nitrogens is 1. The fourth-order valence-electron chi connectivity index (χ4n) is 2.82. The molecular weight excluding hydrogens is 359 g/mol. The van der Waals surface area contributed by atoms with Gasteiger partial charge in [0.15, 0.2) is 0 Å². The van der Waals surface area contributed by atoms with E-state index in [1.165, 1.54) is 29.3 Å². The number of nitrogens with zero attached hydrogens (tertiary/aromatic N) is 3. The lowest BCUT2D eigenvalue weighted by atomic mass is 10.1. The average Bonchev–Trinajstić information content (AvgIpc) is 3.00. The Morgan fingerprint density at radius 3 is 2.88 bits per heavy atom. The Morgan fingerprint density at radius 1 is 1.42 bits per heavy atom. The van der Waals surface area contributed by atoms with Gasteiger partial charge < -0.3 is 10.2 Å². The Labute approximate surface area is 154 Å². The lowest BCUT2D eigenvalue weighted by Gasteiger charge is -2.16. The van der Waals surface area contributed by atoms with E-state index in [4.69, 9.17) is 16.9 Å². The summed E-state index contributed by atoms with van der Waals surface area (Å²) in [5.41, 5.74) is 1.31. The fourth-order valence-corrected chi connectivity index (χ4v) is 3.06. The van der Waals surface area contributed by atoms with Crippen LogP contribution in [0.2, 0.25) is 5.02 Å². The van der Waals surface area contributed by atoms with Crippen molar-refractivity contribution in [1.82, 2.24) is 10.3 Å². The number of rotatable bonds is 4. The van der Waals surface area contributed by atoms with E-state index in [-0.39, 0.29) is 23.2 Å². The third-order valence-corrected chi connectivity index (χ3v) is 4.30. The van der Waals surface area contributed by atoms with E-state index < -0.39 is 17.6 Å². The van der Waals surface area contributed by atoms with Gasteiger partial charge in [-0.2, -0.15) is 5.26 Å². The summed E-state index contributed by atoms with van der Waals surface area (Å²) >= 11 is 5.78. The van der Waals surface area contributed by atoms with E-state index in [0.29, 0.717) is 24.2 Å². The van der Waals surface area contributed by atoms with Gasteiger partial charge in [0.25, 0.3) is 0 Å². The number of nitriles is 1. The Balaban J connectivity index is 1.63. The predicted molar refractivity (Wildman–Crippen MR) is 92.7 cm³/mol. The number of hydrogen-bond donors (Lipinski definition) is 1. The number of hydrogen-bond acceptors (Lipinski definition) is 4. The molecule has 6 nitrogen and oxygen atoms in total. The lowest BCUT2D eigenvalue weighted by molar-refractivity contribution is -0.132. The summed E-state index contributed by atoms with van der Waals surface area (Å²) in [7, 11) is 0. The highest BCUT2D eigenvalue weighted by Crippen LogP contribution is 2.25. The number of carbonyl (C=O) groups is 2. The highest BCUT2D eigenvalue weighted by atomic mass is 35.5. The van der Waals surface area contributed by atoms with Crippen LogP contribution in [-0.2, 0) is 16.1 Å². The van der Waals surface area contributed by atoms with Gasteiger partial charge in [-0.05, 0) is 42.3 Å². The van der Waals surface area contributed by atoms with Gasteiger partial charge in [0.05, 0.1) is 11.9 Å². The zero-order chi connectivity index (χ0) is 18.7. The average molecular weight is 373 g/mol. The summed E-state index contributed by atoms with van der Waals surface area (Å²) in [6.45, 7) is 0.467. The van der Waals surface area contributed by atoms with Crippen LogP contribution in [0.25, 0.3) is 0 Å². The molecule has 1 aliphatic heterocycles. The van der Waals surface area contributed by atoms with Gasteiger partial charge >= 0.3 is 0 Å². The van der Waals surface area contributed by atoms with E-state index in [2.05, 4.69) is 10.3 Å². The summed E-state index contributed by atoms with van der Waals surface area (Å²) in [5, 5.41) is 11.7. The van der Waals surface area contributed by atoms with Crippen molar-refractivity contribution in [3.05, 3.63) is 58.6 Å². The van der Waals surface area contributed by atoms with Crippen LogP contribution in [0.1, 0.15) is 17.7 Å². The Kier molecular flexibility index (Phi) is 5.14. The van der Waals surface area contributed by atoms with Crippen molar-refractivity contribution in [2.75, 3.05) is 11.4 Å². The summed E-state index contributed by atoms with van der Waals surface area (Å²) in [6, 6.07) is 9.05. The first-order valence-electron chi connectivity index (χ1n) is 7.88. The first-order chi connectivity index (χ1) is 12.5. The molecule has 1 saturated heterocycles. The van der Waals surface area contributed by atoms with Gasteiger partial charge in [-0.3, -0.25) is 9.59 Å². The van der Waals surface area contributed by atoms with Crippen LogP contribution in [0.15, 0.2) is 36.5 Å². The first kappa shape index (κ1) is 17.8. The Hall–Kier alpha value is -2.98. The molecule has 1 aromatic carbocycles. The van der Waals surface area contributed by atoms with Gasteiger partial charge in [0.1, 0.15) is 23.5 Å². The Bertz CT molecular complexity index is 875.